The lowest BCUT2D eigenvalue weighted by molar-refractivity contribution is -0.145. The minimum absolute atomic E-state index is 0.168. The summed E-state index contributed by atoms with van der Waals surface area (Å²) in [5, 5.41) is 9.79. The molecule has 2 aliphatic rings. The van der Waals surface area contributed by atoms with E-state index in [1.165, 1.54) is 4.90 Å². The third-order valence-electron chi connectivity index (χ3n) is 5.44. The van der Waals surface area contributed by atoms with Gasteiger partial charge in [-0.15, -0.1) is 0 Å². The van der Waals surface area contributed by atoms with Crippen molar-refractivity contribution in [2.24, 2.45) is 0 Å². The smallest absolute Gasteiger partial charge is 0.327 e. The number of fused-ring (bicyclic) bond motifs is 1. The third-order valence-corrected chi connectivity index (χ3v) is 6.78. The molecule has 0 bridgehead atoms. The zero-order chi connectivity index (χ0) is 23.7. The number of thiocarbonyl (C=S) groups is 1. The van der Waals surface area contributed by atoms with Gasteiger partial charge in [0.05, 0.1) is 10.6 Å². The molecule has 0 radical (unpaired) electrons. The van der Waals surface area contributed by atoms with Crippen molar-refractivity contribution in [2.45, 2.75) is 12.5 Å². The Morgan fingerprint density at radius 2 is 1.94 bits per heavy atom. The van der Waals surface area contributed by atoms with E-state index >= 15 is 0 Å². The number of carbonyl (C=O) groups is 2. The molecule has 2 aromatic carbocycles. The maximum Gasteiger partial charge on any atom is 0.327 e. The summed E-state index contributed by atoms with van der Waals surface area (Å²) in [6.45, 7) is 0.206. The van der Waals surface area contributed by atoms with Gasteiger partial charge in [-0.3, -0.25) is 14.7 Å². The highest BCUT2D eigenvalue weighted by molar-refractivity contribution is 8.26. The van der Waals surface area contributed by atoms with Gasteiger partial charge in [-0.2, -0.15) is 0 Å². The van der Waals surface area contributed by atoms with E-state index < -0.39 is 17.9 Å². The summed E-state index contributed by atoms with van der Waals surface area (Å²) in [6, 6.07) is 17.4. The van der Waals surface area contributed by atoms with Gasteiger partial charge in [-0.05, 0) is 41.5 Å². The molecule has 1 unspecified atom stereocenters. The second kappa shape index (κ2) is 9.28. The van der Waals surface area contributed by atoms with Crippen molar-refractivity contribution < 1.29 is 24.2 Å². The van der Waals surface area contributed by atoms with Gasteiger partial charge in [0.1, 0.15) is 10.4 Å². The molecule has 0 saturated carbocycles. The summed E-state index contributed by atoms with van der Waals surface area (Å²) in [5.74, 6) is -0.140. The van der Waals surface area contributed by atoms with Crippen molar-refractivity contribution in [1.29, 1.82) is 0 Å². The van der Waals surface area contributed by atoms with Crippen LogP contribution in [0.1, 0.15) is 11.1 Å². The highest BCUT2D eigenvalue weighted by Gasteiger charge is 2.40. The van der Waals surface area contributed by atoms with Crippen LogP contribution in [0.15, 0.2) is 71.8 Å². The zero-order valence-electron chi connectivity index (χ0n) is 17.7. The zero-order valence-corrected chi connectivity index (χ0v) is 19.3. The van der Waals surface area contributed by atoms with E-state index in [1.54, 1.807) is 12.3 Å². The molecule has 0 aliphatic carbocycles. The topological polar surface area (TPSA) is 89.0 Å². The fourth-order valence-electron chi connectivity index (χ4n) is 3.74. The van der Waals surface area contributed by atoms with E-state index in [4.69, 9.17) is 21.7 Å². The first kappa shape index (κ1) is 22.1. The number of benzene rings is 2. The number of thioether (sulfide) groups is 1. The number of pyridine rings is 1. The average Bonchev–Trinajstić information content (AvgIpc) is 3.42. The van der Waals surface area contributed by atoms with Crippen LogP contribution in [-0.2, 0) is 16.0 Å². The van der Waals surface area contributed by atoms with Gasteiger partial charge >= 0.3 is 5.97 Å². The average molecular weight is 491 g/mol. The fourth-order valence-corrected chi connectivity index (χ4v) is 5.10. The van der Waals surface area contributed by atoms with Crippen LogP contribution in [0.5, 0.6) is 11.5 Å². The van der Waals surface area contributed by atoms with Crippen LogP contribution in [-0.4, -0.2) is 44.0 Å². The number of carbonyl (C=O) groups excluding carboxylic acids is 1. The van der Waals surface area contributed by atoms with Gasteiger partial charge in [0.25, 0.3) is 5.91 Å². The summed E-state index contributed by atoms with van der Waals surface area (Å²) >= 11 is 6.47. The second-order valence-electron chi connectivity index (χ2n) is 7.64. The molecule has 0 spiro atoms. The molecule has 1 atom stereocenters. The number of nitrogens with zero attached hydrogens (tertiary/aromatic N) is 2. The number of hydrogen-bond donors (Lipinski definition) is 1. The Morgan fingerprint density at radius 1 is 1.15 bits per heavy atom. The summed E-state index contributed by atoms with van der Waals surface area (Å²) in [7, 11) is 0. The first-order valence-corrected chi connectivity index (χ1v) is 11.6. The van der Waals surface area contributed by atoms with Crippen molar-refractivity contribution in [3.05, 3.63) is 82.9 Å². The van der Waals surface area contributed by atoms with Gasteiger partial charge in [0, 0.05) is 18.2 Å². The van der Waals surface area contributed by atoms with Crippen LogP contribution in [0.4, 0.5) is 0 Å². The van der Waals surface area contributed by atoms with Crippen LogP contribution in [0.3, 0.4) is 0 Å². The van der Waals surface area contributed by atoms with E-state index in [0.717, 1.165) is 28.6 Å². The summed E-state index contributed by atoms with van der Waals surface area (Å²) in [6.07, 6.45) is 3.50. The Labute approximate surface area is 205 Å². The molecule has 34 heavy (non-hydrogen) atoms. The fraction of sp³-hybridized carbons (Fsp3) is 0.120. The number of hydrogen-bond acceptors (Lipinski definition) is 7. The summed E-state index contributed by atoms with van der Waals surface area (Å²) in [5.41, 5.74) is 3.15. The minimum Gasteiger partial charge on any atom is -0.480 e. The van der Waals surface area contributed by atoms with Crippen LogP contribution < -0.4 is 9.47 Å². The molecule has 1 saturated heterocycles. The van der Waals surface area contributed by atoms with Crippen LogP contribution in [0.2, 0.25) is 0 Å². The van der Waals surface area contributed by atoms with Crippen molar-refractivity contribution in [1.82, 2.24) is 9.88 Å². The number of aliphatic carboxylic acids is 1. The van der Waals surface area contributed by atoms with Gasteiger partial charge in [0.2, 0.25) is 6.79 Å². The number of carboxylic acid groups (broad SMARTS) is 1. The molecule has 1 fully saturated rings. The molecule has 9 heteroatoms. The SMILES string of the molecule is O=C(O)C(Cc1ccccc1)N1C(=O)/C(=C/c2ccc(-c3ccc4c(c3)OCO4)nc2)SC1=S. The molecule has 1 aromatic heterocycles. The Morgan fingerprint density at radius 3 is 2.68 bits per heavy atom. The Kier molecular flexibility index (Phi) is 6.04. The Balaban J connectivity index is 1.35. The standard InChI is InChI=1S/C25H18N2O5S2/c28-23-22(34-25(33)27(23)19(24(29)30)10-15-4-2-1-3-5-15)11-16-6-8-18(26-13-16)17-7-9-20-21(12-17)32-14-31-20/h1-9,11-13,19H,10,14H2,(H,29,30)/b22-11-. The van der Waals surface area contributed by atoms with Gasteiger partial charge in [-0.25, -0.2) is 4.79 Å². The molecule has 1 amide bonds. The quantitative estimate of drug-likeness (QED) is 0.402. The molecule has 5 rings (SSSR count). The highest BCUT2D eigenvalue weighted by atomic mass is 32.2. The predicted molar refractivity (Wildman–Crippen MR) is 132 cm³/mol. The Bertz CT molecular complexity index is 1310. The lowest BCUT2D eigenvalue weighted by atomic mass is 10.0. The predicted octanol–water partition coefficient (Wildman–Crippen LogP) is 4.37. The van der Waals surface area contributed by atoms with Crippen LogP contribution in [0, 0.1) is 0 Å². The summed E-state index contributed by atoms with van der Waals surface area (Å²) < 4.78 is 11.0. The van der Waals surface area contributed by atoms with Crippen LogP contribution >= 0.6 is 24.0 Å². The van der Waals surface area contributed by atoms with Crippen molar-refractivity contribution in [3.8, 4) is 22.8 Å². The van der Waals surface area contributed by atoms with E-state index in [1.807, 2.05) is 60.7 Å². The van der Waals surface area contributed by atoms with Crippen molar-refractivity contribution in [3.63, 3.8) is 0 Å². The molecule has 2 aliphatic heterocycles. The van der Waals surface area contributed by atoms with Gasteiger partial charge in [0.15, 0.2) is 11.5 Å². The highest BCUT2D eigenvalue weighted by Crippen LogP contribution is 2.36. The molecule has 170 valence electrons. The Hall–Kier alpha value is -3.69. The maximum atomic E-state index is 13.1. The normalized spacial score (nSPS) is 16.8. The number of carboxylic acids is 1. The second-order valence-corrected chi connectivity index (χ2v) is 9.32. The number of amides is 1. The van der Waals surface area contributed by atoms with E-state index in [9.17, 15) is 14.7 Å². The first-order valence-electron chi connectivity index (χ1n) is 10.4. The molecule has 3 heterocycles. The molecule has 7 nitrogen and oxygen atoms in total. The van der Waals surface area contributed by atoms with Gasteiger partial charge < -0.3 is 14.6 Å². The molecular formula is C25H18N2O5S2. The maximum absolute atomic E-state index is 13.1. The number of ether oxygens (including phenoxy) is 2. The molecule has 3 aromatic rings. The van der Waals surface area contributed by atoms with E-state index in [2.05, 4.69) is 4.98 Å². The van der Waals surface area contributed by atoms with E-state index in [-0.39, 0.29) is 17.5 Å². The molecule has 1 N–H and O–H groups in total. The lowest BCUT2D eigenvalue weighted by Crippen LogP contribution is -2.45. The number of aromatic nitrogens is 1. The number of rotatable bonds is 6. The minimum atomic E-state index is -1.10. The van der Waals surface area contributed by atoms with Crippen LogP contribution in [0.25, 0.3) is 17.3 Å². The monoisotopic (exact) mass is 490 g/mol. The van der Waals surface area contributed by atoms with Crippen molar-refractivity contribution >= 4 is 46.3 Å². The van der Waals surface area contributed by atoms with Crippen molar-refractivity contribution in [2.75, 3.05) is 6.79 Å². The summed E-state index contributed by atoms with van der Waals surface area (Å²) in [4.78, 5) is 31.1. The first-order chi connectivity index (χ1) is 16.5. The molecular weight excluding hydrogens is 472 g/mol. The van der Waals surface area contributed by atoms with E-state index in [0.29, 0.717) is 22.0 Å². The van der Waals surface area contributed by atoms with Gasteiger partial charge in [-0.1, -0.05) is 60.4 Å². The third kappa shape index (κ3) is 4.40. The lowest BCUT2D eigenvalue weighted by Gasteiger charge is -2.23. The largest absolute Gasteiger partial charge is 0.480 e.